The number of hydrogen-bond acceptors (Lipinski definition) is 3. The summed E-state index contributed by atoms with van der Waals surface area (Å²) in [4.78, 5) is 22.2. The van der Waals surface area contributed by atoms with Gasteiger partial charge in [-0.2, -0.15) is 0 Å². The third kappa shape index (κ3) is 3.94. The second kappa shape index (κ2) is 8.85. The number of amides is 1. The third-order valence-electron chi connectivity index (χ3n) is 5.77. The van der Waals surface area contributed by atoms with Gasteiger partial charge in [0.2, 0.25) is 0 Å². The summed E-state index contributed by atoms with van der Waals surface area (Å²) in [5.74, 6) is -0.373. The quantitative estimate of drug-likeness (QED) is 0.306. The predicted molar refractivity (Wildman–Crippen MR) is 134 cm³/mol. The lowest BCUT2D eigenvalue weighted by atomic mass is 10.0. The fourth-order valence-electron chi connectivity index (χ4n) is 4.12. The molecule has 0 atom stereocenters. The van der Waals surface area contributed by atoms with Crippen molar-refractivity contribution in [3.05, 3.63) is 99.9 Å². The molecule has 1 N–H and O–H groups in total. The van der Waals surface area contributed by atoms with Crippen molar-refractivity contribution in [1.29, 1.82) is 0 Å². The predicted octanol–water partition coefficient (Wildman–Crippen LogP) is 6.75. The van der Waals surface area contributed by atoms with Crippen LogP contribution in [0.2, 0.25) is 10.0 Å². The molecule has 164 valence electrons. The number of benzene rings is 3. The Morgan fingerprint density at radius 2 is 1.73 bits per heavy atom. The first kappa shape index (κ1) is 21.4. The summed E-state index contributed by atoms with van der Waals surface area (Å²) in [5, 5.41) is 4.53. The smallest absolute Gasteiger partial charge is 0.258 e. The van der Waals surface area contributed by atoms with Crippen molar-refractivity contribution in [2.45, 2.75) is 19.9 Å². The lowest BCUT2D eigenvalue weighted by Crippen LogP contribution is -2.14. The van der Waals surface area contributed by atoms with Gasteiger partial charge < -0.3 is 9.88 Å². The topological polar surface area (TPSA) is 59.8 Å². The monoisotopic (exact) mass is 474 g/mol. The molecule has 0 radical (unpaired) electrons. The standard InChI is InChI=1S/C26H20Cl2N4O/c1-2-16-13-29-25-17(18(16)14-32-15-30-21-10-3-4-12-23(21)32)7-5-11-22(25)31-26(33)24-19(27)8-6-9-20(24)28/h3-13,15H,2,14H2,1H3,(H,31,33). The Morgan fingerprint density at radius 1 is 0.970 bits per heavy atom. The van der Waals surface area contributed by atoms with Crippen LogP contribution in [0, 0.1) is 0 Å². The minimum Gasteiger partial charge on any atom is -0.326 e. The molecule has 0 fully saturated rings. The third-order valence-corrected chi connectivity index (χ3v) is 6.40. The molecule has 2 aromatic heterocycles. The Bertz CT molecular complexity index is 1490. The maximum atomic E-state index is 13.0. The highest BCUT2D eigenvalue weighted by Gasteiger charge is 2.18. The highest BCUT2D eigenvalue weighted by Crippen LogP contribution is 2.30. The summed E-state index contributed by atoms with van der Waals surface area (Å²) in [6.45, 7) is 2.76. The Morgan fingerprint density at radius 3 is 2.52 bits per heavy atom. The van der Waals surface area contributed by atoms with Gasteiger partial charge in [-0.1, -0.05) is 60.5 Å². The van der Waals surface area contributed by atoms with E-state index in [1.165, 1.54) is 0 Å². The molecule has 7 heteroatoms. The van der Waals surface area contributed by atoms with Crippen LogP contribution in [0.5, 0.6) is 0 Å². The SMILES string of the molecule is CCc1cnc2c(NC(=O)c3c(Cl)cccc3Cl)cccc2c1Cn1cnc2ccccc21. The van der Waals surface area contributed by atoms with Crippen LogP contribution in [-0.4, -0.2) is 20.4 Å². The number of pyridine rings is 1. The largest absolute Gasteiger partial charge is 0.326 e. The number of imidazole rings is 1. The number of aryl methyl sites for hydroxylation is 1. The van der Waals surface area contributed by atoms with Crippen LogP contribution in [0.1, 0.15) is 28.4 Å². The second-order valence-electron chi connectivity index (χ2n) is 7.73. The molecular weight excluding hydrogens is 455 g/mol. The molecule has 0 unspecified atom stereocenters. The zero-order valence-electron chi connectivity index (χ0n) is 17.8. The van der Waals surface area contributed by atoms with Crippen molar-refractivity contribution in [2.75, 3.05) is 5.32 Å². The Hall–Kier alpha value is -3.41. The van der Waals surface area contributed by atoms with Crippen LogP contribution < -0.4 is 5.32 Å². The number of halogens is 2. The first-order chi connectivity index (χ1) is 16.1. The summed E-state index contributed by atoms with van der Waals surface area (Å²) >= 11 is 12.5. The fraction of sp³-hybridized carbons (Fsp3) is 0.115. The summed E-state index contributed by atoms with van der Waals surface area (Å²) in [5.41, 5.74) is 5.89. The number of anilines is 1. The normalized spacial score (nSPS) is 11.2. The Kier molecular flexibility index (Phi) is 5.75. The van der Waals surface area contributed by atoms with E-state index < -0.39 is 0 Å². The van der Waals surface area contributed by atoms with Crippen LogP contribution in [0.15, 0.2) is 73.2 Å². The van der Waals surface area contributed by atoms with Gasteiger partial charge in [-0.15, -0.1) is 0 Å². The summed E-state index contributed by atoms with van der Waals surface area (Å²) in [6, 6.07) is 18.9. The van der Waals surface area contributed by atoms with Gasteiger partial charge in [-0.3, -0.25) is 9.78 Å². The maximum absolute atomic E-state index is 13.0. The molecule has 0 saturated carbocycles. The Balaban J connectivity index is 1.58. The number of nitrogens with zero attached hydrogens (tertiary/aromatic N) is 3. The number of rotatable bonds is 5. The molecule has 5 nitrogen and oxygen atoms in total. The Labute approximate surface area is 201 Å². The first-order valence-electron chi connectivity index (χ1n) is 10.6. The maximum Gasteiger partial charge on any atom is 0.258 e. The first-order valence-corrected chi connectivity index (χ1v) is 11.4. The molecule has 1 amide bonds. The highest BCUT2D eigenvalue weighted by molar-refractivity contribution is 6.40. The molecule has 5 rings (SSSR count). The van der Waals surface area contributed by atoms with Gasteiger partial charge in [0.25, 0.3) is 5.91 Å². The van der Waals surface area contributed by atoms with Crippen molar-refractivity contribution in [3.8, 4) is 0 Å². The van der Waals surface area contributed by atoms with Gasteiger partial charge in [-0.05, 0) is 47.9 Å². The molecule has 0 bridgehead atoms. The lowest BCUT2D eigenvalue weighted by Gasteiger charge is -2.16. The van der Waals surface area contributed by atoms with E-state index in [9.17, 15) is 4.79 Å². The van der Waals surface area contributed by atoms with E-state index in [1.807, 2.05) is 48.9 Å². The van der Waals surface area contributed by atoms with E-state index in [0.717, 1.165) is 34.0 Å². The fourth-order valence-corrected chi connectivity index (χ4v) is 4.69. The molecule has 0 aliphatic rings. The van der Waals surface area contributed by atoms with Crippen molar-refractivity contribution in [3.63, 3.8) is 0 Å². The number of aromatic nitrogens is 3. The van der Waals surface area contributed by atoms with E-state index in [4.69, 9.17) is 28.2 Å². The molecule has 2 heterocycles. The summed E-state index contributed by atoms with van der Waals surface area (Å²) < 4.78 is 2.14. The molecule has 0 aliphatic heterocycles. The van der Waals surface area contributed by atoms with Gasteiger partial charge in [-0.25, -0.2) is 4.98 Å². The van der Waals surface area contributed by atoms with Gasteiger partial charge in [0.05, 0.1) is 50.7 Å². The minimum absolute atomic E-state index is 0.244. The molecule has 0 saturated heterocycles. The van der Waals surface area contributed by atoms with Crippen LogP contribution in [0.25, 0.3) is 21.9 Å². The molecule has 0 spiro atoms. The number of fused-ring (bicyclic) bond motifs is 2. The van der Waals surface area contributed by atoms with Gasteiger partial charge in [0.1, 0.15) is 0 Å². The van der Waals surface area contributed by atoms with Gasteiger partial charge in [0.15, 0.2) is 0 Å². The molecular formula is C26H20Cl2N4O. The van der Waals surface area contributed by atoms with Crippen LogP contribution in [0.4, 0.5) is 5.69 Å². The number of nitrogens with one attached hydrogen (secondary N) is 1. The molecule has 3 aromatic carbocycles. The van der Waals surface area contributed by atoms with E-state index >= 15 is 0 Å². The average Bonchev–Trinajstić information content (AvgIpc) is 3.22. The van der Waals surface area contributed by atoms with Crippen LogP contribution >= 0.6 is 23.2 Å². The number of hydrogen-bond donors (Lipinski definition) is 1. The minimum atomic E-state index is -0.373. The van der Waals surface area contributed by atoms with E-state index in [0.29, 0.717) is 27.8 Å². The highest BCUT2D eigenvalue weighted by atomic mass is 35.5. The average molecular weight is 475 g/mol. The molecule has 33 heavy (non-hydrogen) atoms. The van der Waals surface area contributed by atoms with Crippen molar-refractivity contribution in [2.24, 2.45) is 0 Å². The number of carbonyl (C=O) groups is 1. The van der Waals surface area contributed by atoms with Crippen molar-refractivity contribution < 1.29 is 4.79 Å². The molecule has 0 aliphatic carbocycles. The second-order valence-corrected chi connectivity index (χ2v) is 8.54. The van der Waals surface area contributed by atoms with Gasteiger partial charge in [0, 0.05) is 11.6 Å². The van der Waals surface area contributed by atoms with E-state index in [2.05, 4.69) is 27.9 Å². The van der Waals surface area contributed by atoms with Crippen LogP contribution in [0.3, 0.4) is 0 Å². The lowest BCUT2D eigenvalue weighted by molar-refractivity contribution is 0.102. The van der Waals surface area contributed by atoms with Gasteiger partial charge >= 0.3 is 0 Å². The summed E-state index contributed by atoms with van der Waals surface area (Å²) in [6.07, 6.45) is 4.59. The number of carbonyl (C=O) groups excluding carboxylic acids is 1. The zero-order valence-corrected chi connectivity index (χ0v) is 19.4. The summed E-state index contributed by atoms with van der Waals surface area (Å²) in [7, 11) is 0. The zero-order chi connectivity index (χ0) is 22.9. The van der Waals surface area contributed by atoms with Crippen molar-refractivity contribution >= 4 is 56.7 Å². The van der Waals surface area contributed by atoms with Crippen molar-refractivity contribution in [1.82, 2.24) is 14.5 Å². The number of para-hydroxylation sites is 3. The van der Waals surface area contributed by atoms with E-state index in [-0.39, 0.29) is 11.5 Å². The van der Waals surface area contributed by atoms with Crippen LogP contribution in [-0.2, 0) is 13.0 Å². The van der Waals surface area contributed by atoms with E-state index in [1.54, 1.807) is 18.2 Å². The molecule has 5 aromatic rings.